The van der Waals surface area contributed by atoms with Crippen LogP contribution in [-0.4, -0.2) is 22.6 Å². The summed E-state index contributed by atoms with van der Waals surface area (Å²) in [5, 5.41) is 9.06. The van der Waals surface area contributed by atoms with E-state index in [1.54, 1.807) is 12.3 Å². The van der Waals surface area contributed by atoms with Crippen molar-refractivity contribution in [2.75, 3.05) is 11.4 Å². The smallest absolute Gasteiger partial charge is 0.337 e. The Labute approximate surface area is 124 Å². The molecule has 3 rings (SSSR count). The second-order valence-corrected chi connectivity index (χ2v) is 5.71. The molecule has 1 N–H and O–H groups in total. The van der Waals surface area contributed by atoms with Gasteiger partial charge >= 0.3 is 5.97 Å². The number of carboxylic acids is 1. The van der Waals surface area contributed by atoms with E-state index < -0.39 is 5.97 Å². The molecule has 1 aromatic heterocycles. The molecule has 0 fully saturated rings. The minimum Gasteiger partial charge on any atom is -0.478 e. The Bertz CT molecular complexity index is 669. The number of nitrogens with zero attached hydrogens (tertiary/aromatic N) is 2. The number of hydrogen-bond donors (Lipinski definition) is 1. The number of para-hydroxylation sites is 1. The maximum absolute atomic E-state index is 11.0. The van der Waals surface area contributed by atoms with Gasteiger partial charge in [0.05, 0.1) is 5.56 Å². The highest BCUT2D eigenvalue weighted by atomic mass is 16.4. The second kappa shape index (κ2) is 5.56. The van der Waals surface area contributed by atoms with E-state index in [1.807, 2.05) is 6.07 Å². The van der Waals surface area contributed by atoms with Crippen LogP contribution in [0.4, 0.5) is 5.69 Å². The molecule has 1 aliphatic heterocycles. The number of hydrogen-bond acceptors (Lipinski definition) is 3. The molecular weight excluding hydrogens is 264 g/mol. The van der Waals surface area contributed by atoms with E-state index >= 15 is 0 Å². The van der Waals surface area contributed by atoms with Crippen LogP contribution in [-0.2, 0) is 13.0 Å². The lowest BCUT2D eigenvalue weighted by Crippen LogP contribution is -2.33. The van der Waals surface area contributed by atoms with Crippen molar-refractivity contribution in [3.05, 3.63) is 59.4 Å². The quantitative estimate of drug-likeness (QED) is 0.940. The fourth-order valence-corrected chi connectivity index (χ4v) is 2.97. The molecule has 4 nitrogen and oxygen atoms in total. The lowest BCUT2D eigenvalue weighted by Gasteiger charge is -2.34. The Morgan fingerprint density at radius 1 is 1.38 bits per heavy atom. The van der Waals surface area contributed by atoms with Crippen molar-refractivity contribution >= 4 is 11.7 Å². The molecule has 1 aromatic carbocycles. The highest BCUT2D eigenvalue weighted by Crippen LogP contribution is 2.30. The van der Waals surface area contributed by atoms with Gasteiger partial charge in [-0.1, -0.05) is 25.1 Å². The molecular formula is C17H18N2O2. The fourth-order valence-electron chi connectivity index (χ4n) is 2.97. The first-order valence-electron chi connectivity index (χ1n) is 7.13. The summed E-state index contributed by atoms with van der Waals surface area (Å²) in [6.45, 7) is 3.92. The summed E-state index contributed by atoms with van der Waals surface area (Å²) in [4.78, 5) is 17.4. The minimum atomic E-state index is -0.934. The maximum atomic E-state index is 11.0. The summed E-state index contributed by atoms with van der Waals surface area (Å²) in [6, 6.07) is 10.1. The van der Waals surface area contributed by atoms with Crippen molar-refractivity contribution in [1.82, 2.24) is 4.98 Å². The molecule has 1 aliphatic rings. The Hall–Kier alpha value is -2.36. The van der Waals surface area contributed by atoms with E-state index in [2.05, 4.69) is 35.0 Å². The zero-order chi connectivity index (χ0) is 14.8. The van der Waals surface area contributed by atoms with Gasteiger partial charge in [0.25, 0.3) is 0 Å². The van der Waals surface area contributed by atoms with Gasteiger partial charge in [0.1, 0.15) is 0 Å². The highest BCUT2D eigenvalue weighted by molar-refractivity contribution is 5.87. The van der Waals surface area contributed by atoms with Crippen LogP contribution in [0.25, 0.3) is 0 Å². The number of aromatic nitrogens is 1. The molecule has 2 aromatic rings. The van der Waals surface area contributed by atoms with Crippen molar-refractivity contribution in [3.8, 4) is 0 Å². The lowest BCUT2D eigenvalue weighted by molar-refractivity contribution is 0.0696. The largest absolute Gasteiger partial charge is 0.478 e. The van der Waals surface area contributed by atoms with E-state index in [9.17, 15) is 4.79 Å². The van der Waals surface area contributed by atoms with Crippen LogP contribution >= 0.6 is 0 Å². The molecule has 0 bridgehead atoms. The van der Waals surface area contributed by atoms with E-state index in [0.717, 1.165) is 18.5 Å². The predicted octanol–water partition coefficient (Wildman–Crippen LogP) is 2.98. The summed E-state index contributed by atoms with van der Waals surface area (Å²) in [5.74, 6) is -0.340. The Kier molecular flexibility index (Phi) is 3.60. The Balaban J connectivity index is 1.88. The average molecular weight is 282 g/mol. The van der Waals surface area contributed by atoms with Gasteiger partial charge < -0.3 is 10.0 Å². The van der Waals surface area contributed by atoms with Gasteiger partial charge in [-0.15, -0.1) is 0 Å². The van der Waals surface area contributed by atoms with Gasteiger partial charge in [-0.3, -0.25) is 4.98 Å². The zero-order valence-corrected chi connectivity index (χ0v) is 12.0. The zero-order valence-electron chi connectivity index (χ0n) is 12.0. The molecule has 0 saturated carbocycles. The van der Waals surface area contributed by atoms with Gasteiger partial charge in [0.15, 0.2) is 0 Å². The van der Waals surface area contributed by atoms with Crippen LogP contribution in [0.2, 0.25) is 0 Å². The van der Waals surface area contributed by atoms with Crippen LogP contribution in [0.15, 0.2) is 42.7 Å². The third-order valence-electron chi connectivity index (χ3n) is 3.85. The SMILES string of the molecule is C[C@H]1Cc2ccccc2N(Cc2cncc(C(=O)O)c2)C1. The number of fused-ring (bicyclic) bond motifs is 1. The molecule has 1 atom stereocenters. The second-order valence-electron chi connectivity index (χ2n) is 5.71. The van der Waals surface area contributed by atoms with E-state index in [4.69, 9.17) is 5.11 Å². The summed E-state index contributed by atoms with van der Waals surface area (Å²) >= 11 is 0. The molecule has 0 spiro atoms. The van der Waals surface area contributed by atoms with Crippen molar-refractivity contribution in [3.63, 3.8) is 0 Å². The molecule has 0 aliphatic carbocycles. The van der Waals surface area contributed by atoms with E-state index in [0.29, 0.717) is 12.5 Å². The van der Waals surface area contributed by atoms with Crippen LogP contribution in [0.5, 0.6) is 0 Å². The summed E-state index contributed by atoms with van der Waals surface area (Å²) in [7, 11) is 0. The molecule has 0 saturated heterocycles. The van der Waals surface area contributed by atoms with E-state index in [-0.39, 0.29) is 5.56 Å². The van der Waals surface area contributed by atoms with E-state index in [1.165, 1.54) is 17.4 Å². The fraction of sp³-hybridized carbons (Fsp3) is 0.294. The number of anilines is 1. The van der Waals surface area contributed by atoms with Crippen molar-refractivity contribution in [1.29, 1.82) is 0 Å². The van der Waals surface area contributed by atoms with Gasteiger partial charge in [-0.25, -0.2) is 4.79 Å². The molecule has 4 heteroatoms. The van der Waals surface area contributed by atoms with Gasteiger partial charge in [-0.2, -0.15) is 0 Å². The van der Waals surface area contributed by atoms with Crippen molar-refractivity contribution < 1.29 is 9.90 Å². The first-order valence-corrected chi connectivity index (χ1v) is 7.13. The average Bonchev–Trinajstić information content (AvgIpc) is 2.47. The number of rotatable bonds is 3. The number of benzene rings is 1. The Morgan fingerprint density at radius 3 is 3.00 bits per heavy atom. The van der Waals surface area contributed by atoms with Crippen LogP contribution in [0.3, 0.4) is 0 Å². The lowest BCUT2D eigenvalue weighted by atomic mass is 9.93. The third kappa shape index (κ3) is 2.89. The molecule has 21 heavy (non-hydrogen) atoms. The standard InChI is InChI=1S/C17H18N2O2/c1-12-6-14-4-2-3-5-16(14)19(10-12)11-13-7-15(17(20)21)9-18-8-13/h2-5,7-9,12H,6,10-11H2,1H3,(H,20,21)/t12-/m0/s1. The molecule has 0 radical (unpaired) electrons. The first kappa shape index (κ1) is 13.6. The van der Waals surface area contributed by atoms with Crippen molar-refractivity contribution in [2.45, 2.75) is 19.9 Å². The highest BCUT2D eigenvalue weighted by Gasteiger charge is 2.21. The van der Waals surface area contributed by atoms with Crippen molar-refractivity contribution in [2.24, 2.45) is 5.92 Å². The molecule has 0 unspecified atom stereocenters. The Morgan fingerprint density at radius 2 is 2.19 bits per heavy atom. The number of carbonyl (C=O) groups is 1. The molecule has 0 amide bonds. The van der Waals surface area contributed by atoms with Crippen LogP contribution in [0, 0.1) is 5.92 Å². The summed E-state index contributed by atoms with van der Waals surface area (Å²) in [5.41, 5.74) is 3.78. The number of aromatic carboxylic acids is 1. The van der Waals surface area contributed by atoms with Crippen LogP contribution < -0.4 is 4.90 Å². The first-order chi connectivity index (χ1) is 10.1. The predicted molar refractivity (Wildman–Crippen MR) is 81.6 cm³/mol. The van der Waals surface area contributed by atoms with Gasteiger partial charge in [0.2, 0.25) is 0 Å². The molecule has 2 heterocycles. The maximum Gasteiger partial charge on any atom is 0.337 e. The summed E-state index contributed by atoms with van der Waals surface area (Å²) < 4.78 is 0. The molecule has 108 valence electrons. The minimum absolute atomic E-state index is 0.242. The number of carboxylic acid groups (broad SMARTS) is 1. The number of pyridine rings is 1. The topological polar surface area (TPSA) is 53.4 Å². The summed E-state index contributed by atoms with van der Waals surface area (Å²) in [6.07, 6.45) is 4.23. The van der Waals surface area contributed by atoms with Crippen LogP contribution in [0.1, 0.15) is 28.4 Å². The van der Waals surface area contributed by atoms with Gasteiger partial charge in [-0.05, 0) is 35.6 Å². The van der Waals surface area contributed by atoms with Gasteiger partial charge in [0, 0.05) is 31.2 Å². The monoisotopic (exact) mass is 282 g/mol. The normalized spacial score (nSPS) is 17.4. The third-order valence-corrected chi connectivity index (χ3v) is 3.85.